The second kappa shape index (κ2) is 5.22. The fraction of sp³-hybridized carbons (Fsp3) is 0.500. The molecular weight excluding hydrogens is 284 g/mol. The summed E-state index contributed by atoms with van der Waals surface area (Å²) in [5.41, 5.74) is 1.40. The zero-order valence-electron chi connectivity index (χ0n) is 13.6. The van der Waals surface area contributed by atoms with Crippen molar-refractivity contribution in [2.45, 2.75) is 37.3 Å². The number of fused-ring (bicyclic) bond motifs is 3. The number of benzene rings is 2. The van der Waals surface area contributed by atoms with E-state index >= 15 is 0 Å². The average Bonchev–Trinajstić information content (AvgIpc) is 3.26. The van der Waals surface area contributed by atoms with Crippen LogP contribution in [0.15, 0.2) is 36.4 Å². The third-order valence-corrected chi connectivity index (χ3v) is 5.94. The number of rotatable bonds is 1. The molecule has 120 valence electrons. The average molecular weight is 308 g/mol. The minimum absolute atomic E-state index is 0.00954. The van der Waals surface area contributed by atoms with Gasteiger partial charge >= 0.3 is 0 Å². The summed E-state index contributed by atoms with van der Waals surface area (Å²) in [6.07, 6.45) is 4.93. The summed E-state index contributed by atoms with van der Waals surface area (Å²) in [4.78, 5) is 2.69. The van der Waals surface area contributed by atoms with Gasteiger partial charge in [0.05, 0.1) is 0 Å². The zero-order valence-corrected chi connectivity index (χ0v) is 13.6. The summed E-state index contributed by atoms with van der Waals surface area (Å²) >= 11 is 0. The van der Waals surface area contributed by atoms with E-state index in [0.29, 0.717) is 6.04 Å². The molecule has 2 saturated heterocycles. The summed E-state index contributed by atoms with van der Waals surface area (Å²) < 4.78 is 6.69. The van der Waals surface area contributed by atoms with Gasteiger partial charge in [0.15, 0.2) is 0 Å². The van der Waals surface area contributed by atoms with Crippen LogP contribution in [0.1, 0.15) is 37.3 Å². The Balaban J connectivity index is 1.67. The molecule has 2 atom stereocenters. The molecule has 0 aliphatic carbocycles. The minimum Gasteiger partial charge on any atom is -0.485 e. The van der Waals surface area contributed by atoms with Gasteiger partial charge in [-0.15, -0.1) is 0 Å². The molecule has 3 heterocycles. The molecule has 2 aromatic carbocycles. The highest BCUT2D eigenvalue weighted by atomic mass is 16.5. The predicted octanol–water partition coefficient (Wildman–Crippen LogP) is 3.49. The molecule has 23 heavy (non-hydrogen) atoms. The fourth-order valence-corrected chi connectivity index (χ4v) is 4.72. The van der Waals surface area contributed by atoms with E-state index < -0.39 is 0 Å². The van der Waals surface area contributed by atoms with Crippen LogP contribution in [-0.4, -0.2) is 36.7 Å². The van der Waals surface area contributed by atoms with Gasteiger partial charge in [0.2, 0.25) is 0 Å². The van der Waals surface area contributed by atoms with Crippen LogP contribution in [0.4, 0.5) is 0 Å². The maximum atomic E-state index is 6.69. The van der Waals surface area contributed by atoms with Crippen LogP contribution in [0, 0.1) is 0 Å². The molecule has 5 rings (SSSR count). The third-order valence-electron chi connectivity index (χ3n) is 5.94. The standard InChI is InChI=1S/C20H24N2O/c1-2-6-16-15(5-1)7-8-17-18(22-11-3-4-12-22)13-20(23-19(16)17)9-10-21-14-20/h1-2,5-8,18,21H,3-4,9-14H2. The van der Waals surface area contributed by atoms with Gasteiger partial charge in [-0.25, -0.2) is 0 Å². The van der Waals surface area contributed by atoms with Gasteiger partial charge in [-0.3, -0.25) is 4.90 Å². The number of hydrogen-bond acceptors (Lipinski definition) is 3. The maximum Gasteiger partial charge on any atom is 0.132 e. The molecule has 2 aromatic rings. The first-order valence-electron chi connectivity index (χ1n) is 9.00. The Kier molecular flexibility index (Phi) is 3.14. The molecule has 1 N–H and O–H groups in total. The first-order valence-corrected chi connectivity index (χ1v) is 9.00. The largest absolute Gasteiger partial charge is 0.485 e. The van der Waals surface area contributed by atoms with Gasteiger partial charge in [0, 0.05) is 36.4 Å². The molecule has 0 aromatic heterocycles. The van der Waals surface area contributed by atoms with Crippen molar-refractivity contribution in [2.24, 2.45) is 0 Å². The Labute approximate surface area is 137 Å². The van der Waals surface area contributed by atoms with Crippen molar-refractivity contribution in [3.63, 3.8) is 0 Å². The Bertz CT molecular complexity index is 729. The Morgan fingerprint density at radius 1 is 1.09 bits per heavy atom. The van der Waals surface area contributed by atoms with E-state index in [9.17, 15) is 0 Å². The summed E-state index contributed by atoms with van der Waals surface area (Å²) in [5.74, 6) is 1.15. The van der Waals surface area contributed by atoms with Crippen LogP contribution < -0.4 is 10.1 Å². The van der Waals surface area contributed by atoms with Crippen LogP contribution in [0.25, 0.3) is 10.8 Å². The molecule has 3 aliphatic heterocycles. The molecule has 0 bridgehead atoms. The van der Waals surface area contributed by atoms with Gasteiger partial charge in [-0.05, 0) is 37.9 Å². The van der Waals surface area contributed by atoms with Crippen molar-refractivity contribution in [1.82, 2.24) is 10.2 Å². The van der Waals surface area contributed by atoms with Gasteiger partial charge < -0.3 is 10.1 Å². The van der Waals surface area contributed by atoms with Crippen LogP contribution in [0.3, 0.4) is 0 Å². The molecule has 3 heteroatoms. The van der Waals surface area contributed by atoms with Gasteiger partial charge in [0.25, 0.3) is 0 Å². The summed E-state index contributed by atoms with van der Waals surface area (Å²) in [5, 5.41) is 6.09. The van der Waals surface area contributed by atoms with Crippen molar-refractivity contribution in [3.05, 3.63) is 42.0 Å². The van der Waals surface area contributed by atoms with Crippen molar-refractivity contribution < 1.29 is 4.74 Å². The lowest BCUT2D eigenvalue weighted by atomic mass is 9.84. The highest BCUT2D eigenvalue weighted by Crippen LogP contribution is 2.48. The Hall–Kier alpha value is -1.58. The third kappa shape index (κ3) is 2.18. The first kappa shape index (κ1) is 13.8. The van der Waals surface area contributed by atoms with E-state index in [2.05, 4.69) is 46.6 Å². The Morgan fingerprint density at radius 2 is 1.96 bits per heavy atom. The lowest BCUT2D eigenvalue weighted by Gasteiger charge is -2.43. The first-order chi connectivity index (χ1) is 11.3. The highest BCUT2D eigenvalue weighted by molar-refractivity contribution is 5.90. The highest BCUT2D eigenvalue weighted by Gasteiger charge is 2.45. The van der Waals surface area contributed by atoms with Gasteiger partial charge in [0.1, 0.15) is 11.4 Å². The molecule has 0 amide bonds. The van der Waals surface area contributed by atoms with E-state index in [1.165, 1.54) is 42.3 Å². The minimum atomic E-state index is -0.00954. The van der Waals surface area contributed by atoms with Crippen LogP contribution in [-0.2, 0) is 0 Å². The van der Waals surface area contributed by atoms with Crippen molar-refractivity contribution >= 4 is 10.8 Å². The topological polar surface area (TPSA) is 24.5 Å². The predicted molar refractivity (Wildman–Crippen MR) is 93.0 cm³/mol. The SMILES string of the molecule is c1ccc2c3c(ccc2c1)C(N1CCCC1)CC1(CCNC1)O3. The number of ether oxygens (including phenoxy) is 1. The fourth-order valence-electron chi connectivity index (χ4n) is 4.72. The lowest BCUT2D eigenvalue weighted by Crippen LogP contribution is -2.46. The molecule has 0 radical (unpaired) electrons. The second-order valence-corrected chi connectivity index (χ2v) is 7.38. The van der Waals surface area contributed by atoms with E-state index in [1.54, 1.807) is 0 Å². The summed E-state index contributed by atoms with van der Waals surface area (Å²) in [7, 11) is 0. The second-order valence-electron chi connectivity index (χ2n) is 7.38. The van der Waals surface area contributed by atoms with Crippen molar-refractivity contribution in [3.8, 4) is 5.75 Å². The van der Waals surface area contributed by atoms with Gasteiger partial charge in [-0.2, -0.15) is 0 Å². The quantitative estimate of drug-likeness (QED) is 0.873. The molecule has 3 nitrogen and oxygen atoms in total. The molecule has 2 fully saturated rings. The molecular formula is C20H24N2O. The number of hydrogen-bond donors (Lipinski definition) is 1. The van der Waals surface area contributed by atoms with E-state index in [0.717, 1.165) is 31.7 Å². The van der Waals surface area contributed by atoms with Crippen molar-refractivity contribution in [1.29, 1.82) is 0 Å². The maximum absolute atomic E-state index is 6.69. The summed E-state index contributed by atoms with van der Waals surface area (Å²) in [6, 6.07) is 13.8. The number of nitrogens with zero attached hydrogens (tertiary/aromatic N) is 1. The molecule has 2 unspecified atom stereocenters. The Morgan fingerprint density at radius 3 is 2.78 bits per heavy atom. The van der Waals surface area contributed by atoms with Crippen LogP contribution in [0.5, 0.6) is 5.75 Å². The number of nitrogens with one attached hydrogen (secondary N) is 1. The zero-order chi connectivity index (χ0) is 15.3. The summed E-state index contributed by atoms with van der Waals surface area (Å²) in [6.45, 7) is 4.54. The molecule has 1 spiro atoms. The molecule has 0 saturated carbocycles. The normalized spacial score (nSPS) is 30.7. The molecule has 3 aliphatic rings. The number of likely N-dealkylation sites (tertiary alicyclic amines) is 1. The lowest BCUT2D eigenvalue weighted by molar-refractivity contribution is 0.0245. The smallest absolute Gasteiger partial charge is 0.132 e. The van der Waals surface area contributed by atoms with E-state index in [4.69, 9.17) is 4.74 Å². The van der Waals surface area contributed by atoms with Crippen LogP contribution >= 0.6 is 0 Å². The van der Waals surface area contributed by atoms with Crippen LogP contribution in [0.2, 0.25) is 0 Å². The van der Waals surface area contributed by atoms with E-state index in [1.807, 2.05) is 0 Å². The van der Waals surface area contributed by atoms with E-state index in [-0.39, 0.29) is 5.60 Å². The monoisotopic (exact) mass is 308 g/mol. The van der Waals surface area contributed by atoms with Gasteiger partial charge in [-0.1, -0.05) is 36.4 Å². The van der Waals surface area contributed by atoms with Crippen molar-refractivity contribution in [2.75, 3.05) is 26.2 Å².